The first-order valence-corrected chi connectivity index (χ1v) is 5.25. The van der Waals surface area contributed by atoms with Gasteiger partial charge in [0, 0.05) is 11.9 Å². The van der Waals surface area contributed by atoms with Crippen LogP contribution in [0.4, 0.5) is 10.1 Å². The lowest BCUT2D eigenvalue weighted by atomic mass is 10.2. The van der Waals surface area contributed by atoms with Crippen molar-refractivity contribution in [1.29, 1.82) is 10.5 Å². The molecule has 0 amide bonds. The first-order valence-electron chi connectivity index (χ1n) is 4.87. The van der Waals surface area contributed by atoms with Gasteiger partial charge in [0.2, 0.25) is 0 Å². The van der Waals surface area contributed by atoms with E-state index in [0.29, 0.717) is 0 Å². The minimum absolute atomic E-state index is 0.141. The molecule has 0 aliphatic rings. The summed E-state index contributed by atoms with van der Waals surface area (Å²) in [7, 11) is 1.11. The maximum Gasteiger partial charge on any atom is 0.342 e. The van der Waals surface area contributed by atoms with E-state index in [4.69, 9.17) is 22.1 Å². The average molecular weight is 280 g/mol. The molecule has 0 saturated carbocycles. The Bertz CT molecular complexity index is 590. The van der Waals surface area contributed by atoms with Crippen molar-refractivity contribution in [2.45, 2.75) is 0 Å². The fourth-order valence-electron chi connectivity index (χ4n) is 1.20. The van der Waals surface area contributed by atoms with Gasteiger partial charge in [-0.2, -0.15) is 10.5 Å². The molecule has 5 nitrogen and oxygen atoms in total. The van der Waals surface area contributed by atoms with E-state index in [1.165, 1.54) is 6.07 Å². The standard InChI is InChI=1S/C12H7ClFN3O2/c1-19-12(18)11-9(13)2-8(3-10(11)14)17-6-7(4-15)5-16/h2-3,6,17H,1H3. The Balaban J connectivity index is 3.10. The van der Waals surface area contributed by atoms with Crippen LogP contribution in [-0.2, 0) is 4.74 Å². The number of rotatable bonds is 3. The lowest BCUT2D eigenvalue weighted by Gasteiger charge is -2.07. The zero-order chi connectivity index (χ0) is 14.4. The summed E-state index contributed by atoms with van der Waals surface area (Å²) < 4.78 is 18.0. The van der Waals surface area contributed by atoms with Crippen LogP contribution in [0, 0.1) is 28.5 Å². The summed E-state index contributed by atoms with van der Waals surface area (Å²) in [5, 5.41) is 19.4. The number of nitrogens with zero attached hydrogens (tertiary/aromatic N) is 2. The van der Waals surface area contributed by atoms with E-state index in [2.05, 4.69) is 10.1 Å². The predicted molar refractivity (Wildman–Crippen MR) is 65.7 cm³/mol. The lowest BCUT2D eigenvalue weighted by molar-refractivity contribution is 0.0596. The molecule has 7 heteroatoms. The molecule has 19 heavy (non-hydrogen) atoms. The minimum atomic E-state index is -0.890. The van der Waals surface area contributed by atoms with Gasteiger partial charge in [-0.3, -0.25) is 0 Å². The number of carbonyl (C=O) groups excluding carboxylic acids is 1. The van der Waals surface area contributed by atoms with Crippen LogP contribution in [0.25, 0.3) is 0 Å². The molecule has 0 bridgehead atoms. The molecule has 1 aromatic carbocycles. The minimum Gasteiger partial charge on any atom is -0.465 e. The maximum absolute atomic E-state index is 13.7. The van der Waals surface area contributed by atoms with E-state index >= 15 is 0 Å². The molecule has 0 aromatic heterocycles. The Morgan fingerprint density at radius 1 is 1.47 bits per heavy atom. The molecule has 0 saturated heterocycles. The second-order valence-corrected chi connectivity index (χ2v) is 3.64. The number of esters is 1. The fraction of sp³-hybridized carbons (Fsp3) is 0.0833. The molecular weight excluding hydrogens is 273 g/mol. The smallest absolute Gasteiger partial charge is 0.342 e. The summed E-state index contributed by atoms with van der Waals surface area (Å²) in [5.41, 5.74) is -0.369. The normalized spacial score (nSPS) is 8.89. The van der Waals surface area contributed by atoms with E-state index < -0.39 is 11.8 Å². The Kier molecular flexibility index (Phi) is 4.87. The number of anilines is 1. The van der Waals surface area contributed by atoms with E-state index in [1.54, 1.807) is 12.1 Å². The zero-order valence-electron chi connectivity index (χ0n) is 9.70. The van der Waals surface area contributed by atoms with Crippen molar-refractivity contribution in [3.63, 3.8) is 0 Å². The first kappa shape index (κ1) is 14.5. The van der Waals surface area contributed by atoms with Crippen LogP contribution < -0.4 is 5.32 Å². The van der Waals surface area contributed by atoms with Crippen LogP contribution in [0.3, 0.4) is 0 Å². The molecule has 0 radical (unpaired) electrons. The Labute approximate surface area is 113 Å². The van der Waals surface area contributed by atoms with E-state index in [1.807, 2.05) is 0 Å². The van der Waals surface area contributed by atoms with Crippen LogP contribution in [0.5, 0.6) is 0 Å². The van der Waals surface area contributed by atoms with Gasteiger partial charge in [-0.05, 0) is 12.1 Å². The second kappa shape index (κ2) is 6.39. The second-order valence-electron chi connectivity index (χ2n) is 3.23. The third kappa shape index (κ3) is 3.44. The maximum atomic E-state index is 13.7. The molecule has 1 rings (SSSR count). The lowest BCUT2D eigenvalue weighted by Crippen LogP contribution is -2.06. The van der Waals surface area contributed by atoms with Crippen molar-refractivity contribution in [3.05, 3.63) is 40.3 Å². The van der Waals surface area contributed by atoms with Gasteiger partial charge in [0.1, 0.15) is 29.1 Å². The van der Waals surface area contributed by atoms with Crippen molar-refractivity contribution in [2.24, 2.45) is 0 Å². The van der Waals surface area contributed by atoms with E-state index in [9.17, 15) is 9.18 Å². The van der Waals surface area contributed by atoms with Crippen LogP contribution in [-0.4, -0.2) is 13.1 Å². The van der Waals surface area contributed by atoms with Gasteiger partial charge in [0.25, 0.3) is 0 Å². The van der Waals surface area contributed by atoms with Crippen molar-refractivity contribution >= 4 is 23.3 Å². The quantitative estimate of drug-likeness (QED) is 0.679. The first-order chi connectivity index (χ1) is 9.03. The zero-order valence-corrected chi connectivity index (χ0v) is 10.5. The molecule has 1 N–H and O–H groups in total. The SMILES string of the molecule is COC(=O)c1c(F)cc(NC=C(C#N)C#N)cc1Cl. The number of hydrogen-bond donors (Lipinski definition) is 1. The van der Waals surface area contributed by atoms with Gasteiger partial charge in [-0.1, -0.05) is 11.6 Å². The average Bonchev–Trinajstić information content (AvgIpc) is 2.38. The number of nitrogens with one attached hydrogen (secondary N) is 1. The molecule has 0 heterocycles. The van der Waals surface area contributed by atoms with Crippen LogP contribution in [0.15, 0.2) is 23.9 Å². The Hall–Kier alpha value is -2.57. The van der Waals surface area contributed by atoms with Gasteiger partial charge in [0.15, 0.2) is 0 Å². The molecule has 0 spiro atoms. The number of allylic oxidation sites excluding steroid dienone is 1. The van der Waals surface area contributed by atoms with Crippen molar-refractivity contribution in [1.82, 2.24) is 0 Å². The fourth-order valence-corrected chi connectivity index (χ4v) is 1.48. The number of carbonyl (C=O) groups is 1. The highest BCUT2D eigenvalue weighted by molar-refractivity contribution is 6.33. The highest BCUT2D eigenvalue weighted by atomic mass is 35.5. The molecule has 0 aliphatic heterocycles. The topological polar surface area (TPSA) is 85.9 Å². The van der Waals surface area contributed by atoms with E-state index in [-0.39, 0.29) is 21.8 Å². The van der Waals surface area contributed by atoms with Gasteiger partial charge in [0.05, 0.1) is 12.1 Å². The summed E-state index contributed by atoms with van der Waals surface area (Å²) in [6, 6.07) is 5.53. The largest absolute Gasteiger partial charge is 0.465 e. The van der Waals surface area contributed by atoms with E-state index in [0.717, 1.165) is 19.4 Å². The summed E-state index contributed by atoms with van der Waals surface area (Å²) in [4.78, 5) is 11.3. The number of nitriles is 2. The predicted octanol–water partition coefficient (Wildman–Crippen LogP) is 2.61. The van der Waals surface area contributed by atoms with Crippen molar-refractivity contribution in [3.8, 4) is 12.1 Å². The number of ether oxygens (including phenoxy) is 1. The number of halogens is 2. The Morgan fingerprint density at radius 3 is 2.58 bits per heavy atom. The molecule has 0 aliphatic carbocycles. The number of hydrogen-bond acceptors (Lipinski definition) is 5. The summed E-state index contributed by atoms with van der Waals surface area (Å²) in [5.74, 6) is -1.76. The van der Waals surface area contributed by atoms with Crippen LogP contribution in [0.2, 0.25) is 5.02 Å². The van der Waals surface area contributed by atoms with Gasteiger partial charge in [-0.15, -0.1) is 0 Å². The van der Waals surface area contributed by atoms with Crippen molar-refractivity contribution < 1.29 is 13.9 Å². The number of methoxy groups -OCH3 is 1. The third-order valence-electron chi connectivity index (χ3n) is 2.06. The Morgan fingerprint density at radius 2 is 2.11 bits per heavy atom. The highest BCUT2D eigenvalue weighted by Gasteiger charge is 2.17. The molecule has 1 aromatic rings. The monoisotopic (exact) mass is 279 g/mol. The van der Waals surface area contributed by atoms with Crippen molar-refractivity contribution in [2.75, 3.05) is 12.4 Å². The van der Waals surface area contributed by atoms with Gasteiger partial charge < -0.3 is 10.1 Å². The summed E-state index contributed by atoms with van der Waals surface area (Å²) in [6.07, 6.45) is 1.10. The summed E-state index contributed by atoms with van der Waals surface area (Å²) in [6.45, 7) is 0. The molecular formula is C12H7ClFN3O2. The molecule has 0 fully saturated rings. The highest BCUT2D eigenvalue weighted by Crippen LogP contribution is 2.25. The summed E-state index contributed by atoms with van der Waals surface area (Å²) >= 11 is 5.76. The van der Waals surface area contributed by atoms with Gasteiger partial charge in [-0.25, -0.2) is 9.18 Å². The third-order valence-corrected chi connectivity index (χ3v) is 2.35. The van der Waals surface area contributed by atoms with Crippen LogP contribution >= 0.6 is 11.6 Å². The van der Waals surface area contributed by atoms with Crippen LogP contribution in [0.1, 0.15) is 10.4 Å². The molecule has 96 valence electrons. The number of benzene rings is 1. The van der Waals surface area contributed by atoms with Gasteiger partial charge >= 0.3 is 5.97 Å². The molecule has 0 atom stereocenters. The molecule has 0 unspecified atom stereocenters.